The van der Waals surface area contributed by atoms with E-state index >= 15 is 0 Å². The van der Waals surface area contributed by atoms with Gasteiger partial charge in [-0.1, -0.05) is 6.92 Å². The van der Waals surface area contributed by atoms with Crippen molar-refractivity contribution in [3.63, 3.8) is 0 Å². The summed E-state index contributed by atoms with van der Waals surface area (Å²) in [6.45, 7) is 6.49. The monoisotopic (exact) mass is 209 g/mol. The Morgan fingerprint density at radius 2 is 2.33 bits per heavy atom. The molecule has 0 aromatic heterocycles. The zero-order valence-electron chi connectivity index (χ0n) is 10.2. The van der Waals surface area contributed by atoms with Crippen LogP contribution in [0, 0.1) is 11.3 Å². The Morgan fingerprint density at radius 3 is 2.87 bits per heavy atom. The first-order valence-electron chi connectivity index (χ1n) is 5.99. The summed E-state index contributed by atoms with van der Waals surface area (Å²) in [4.78, 5) is 2.53. The lowest BCUT2D eigenvalue weighted by molar-refractivity contribution is 0.227. The van der Waals surface area contributed by atoms with Gasteiger partial charge in [0.15, 0.2) is 0 Å². The lowest BCUT2D eigenvalue weighted by Gasteiger charge is -2.28. The van der Waals surface area contributed by atoms with Crippen molar-refractivity contribution in [1.82, 2.24) is 10.2 Å². The summed E-state index contributed by atoms with van der Waals surface area (Å²) in [6, 6.07) is 3.10. The van der Waals surface area contributed by atoms with Crippen LogP contribution in [-0.2, 0) is 0 Å². The first-order chi connectivity index (χ1) is 7.15. The lowest BCUT2D eigenvalue weighted by Crippen LogP contribution is -2.42. The Balaban J connectivity index is 2.39. The van der Waals surface area contributed by atoms with Crippen molar-refractivity contribution < 1.29 is 0 Å². The van der Waals surface area contributed by atoms with Gasteiger partial charge in [0, 0.05) is 12.6 Å². The standard InChI is InChI=1S/C12H23N3/c1-4-11-6-5-8-15(11)9-7-12(2,10-13)14-3/h11,14H,4-9H2,1-3H3. The van der Waals surface area contributed by atoms with E-state index in [1.165, 1.54) is 25.8 Å². The molecule has 0 bridgehead atoms. The molecule has 2 atom stereocenters. The van der Waals surface area contributed by atoms with Crippen molar-refractivity contribution in [2.24, 2.45) is 0 Å². The molecule has 1 N–H and O–H groups in total. The number of nitrogens with zero attached hydrogens (tertiary/aromatic N) is 2. The number of hydrogen-bond donors (Lipinski definition) is 1. The number of rotatable bonds is 5. The molecule has 1 fully saturated rings. The van der Waals surface area contributed by atoms with Gasteiger partial charge in [-0.05, 0) is 46.2 Å². The van der Waals surface area contributed by atoms with Crippen molar-refractivity contribution >= 4 is 0 Å². The van der Waals surface area contributed by atoms with Crippen LogP contribution in [0.5, 0.6) is 0 Å². The second-order valence-corrected chi connectivity index (χ2v) is 4.68. The van der Waals surface area contributed by atoms with Crippen LogP contribution < -0.4 is 5.32 Å². The van der Waals surface area contributed by atoms with Gasteiger partial charge in [-0.25, -0.2) is 0 Å². The van der Waals surface area contributed by atoms with Gasteiger partial charge < -0.3 is 10.2 Å². The van der Waals surface area contributed by atoms with Gasteiger partial charge in [-0.15, -0.1) is 0 Å². The maximum Gasteiger partial charge on any atom is 0.104 e. The molecule has 3 nitrogen and oxygen atoms in total. The average molecular weight is 209 g/mol. The molecule has 0 aliphatic carbocycles. The molecular formula is C12H23N3. The van der Waals surface area contributed by atoms with Crippen LogP contribution in [0.15, 0.2) is 0 Å². The molecule has 0 amide bonds. The van der Waals surface area contributed by atoms with E-state index in [0.29, 0.717) is 0 Å². The topological polar surface area (TPSA) is 39.1 Å². The summed E-state index contributed by atoms with van der Waals surface area (Å²) in [6.07, 6.45) is 4.81. The minimum atomic E-state index is -0.360. The molecule has 1 aliphatic rings. The molecule has 0 radical (unpaired) electrons. The summed E-state index contributed by atoms with van der Waals surface area (Å²) in [5.41, 5.74) is -0.360. The molecule has 0 spiro atoms. The third kappa shape index (κ3) is 3.19. The molecule has 1 rings (SSSR count). The summed E-state index contributed by atoms with van der Waals surface area (Å²) >= 11 is 0. The van der Waals surface area contributed by atoms with Gasteiger partial charge in [0.25, 0.3) is 0 Å². The molecule has 1 aliphatic heterocycles. The van der Waals surface area contributed by atoms with E-state index in [9.17, 15) is 0 Å². The molecule has 2 unspecified atom stereocenters. The molecule has 0 aromatic carbocycles. The Morgan fingerprint density at radius 1 is 1.60 bits per heavy atom. The fourth-order valence-corrected chi connectivity index (χ4v) is 2.26. The van der Waals surface area contributed by atoms with Gasteiger partial charge >= 0.3 is 0 Å². The Kier molecular flexibility index (Phi) is 4.56. The summed E-state index contributed by atoms with van der Waals surface area (Å²) in [5.74, 6) is 0. The van der Waals surface area contributed by atoms with Crippen molar-refractivity contribution in [2.75, 3.05) is 20.1 Å². The molecule has 86 valence electrons. The predicted molar refractivity (Wildman–Crippen MR) is 62.6 cm³/mol. The van der Waals surface area contributed by atoms with E-state index in [0.717, 1.165) is 19.0 Å². The van der Waals surface area contributed by atoms with Crippen LogP contribution in [0.1, 0.15) is 39.5 Å². The van der Waals surface area contributed by atoms with Gasteiger partial charge in [0.2, 0.25) is 0 Å². The molecular weight excluding hydrogens is 186 g/mol. The smallest absolute Gasteiger partial charge is 0.104 e. The largest absolute Gasteiger partial charge is 0.303 e. The van der Waals surface area contributed by atoms with E-state index in [4.69, 9.17) is 5.26 Å². The van der Waals surface area contributed by atoms with E-state index in [2.05, 4.69) is 23.2 Å². The second kappa shape index (κ2) is 5.48. The summed E-state index contributed by atoms with van der Waals surface area (Å²) < 4.78 is 0. The van der Waals surface area contributed by atoms with Crippen molar-refractivity contribution in [1.29, 1.82) is 5.26 Å². The number of nitriles is 1. The molecule has 3 heteroatoms. The molecule has 0 aromatic rings. The third-order valence-electron chi connectivity index (χ3n) is 3.67. The Hall–Kier alpha value is -0.590. The van der Waals surface area contributed by atoms with Crippen molar-refractivity contribution in [3.8, 4) is 6.07 Å². The van der Waals surface area contributed by atoms with E-state index in [-0.39, 0.29) is 5.54 Å². The zero-order valence-corrected chi connectivity index (χ0v) is 10.2. The Labute approximate surface area is 93.5 Å². The molecule has 0 saturated carbocycles. The maximum absolute atomic E-state index is 9.05. The SMILES string of the molecule is CCC1CCCN1CCC(C)(C#N)NC. The minimum Gasteiger partial charge on any atom is -0.303 e. The molecule has 1 heterocycles. The van der Waals surface area contributed by atoms with Gasteiger partial charge in [-0.3, -0.25) is 0 Å². The molecule has 15 heavy (non-hydrogen) atoms. The van der Waals surface area contributed by atoms with Crippen LogP contribution >= 0.6 is 0 Å². The van der Waals surface area contributed by atoms with E-state index < -0.39 is 0 Å². The van der Waals surface area contributed by atoms with E-state index in [1.807, 2.05) is 14.0 Å². The highest BCUT2D eigenvalue weighted by Gasteiger charge is 2.27. The first kappa shape index (κ1) is 12.5. The lowest BCUT2D eigenvalue weighted by atomic mass is 10.00. The van der Waals surface area contributed by atoms with Crippen molar-refractivity contribution in [3.05, 3.63) is 0 Å². The predicted octanol–water partition coefficient (Wildman–Crippen LogP) is 1.75. The average Bonchev–Trinajstić information content (AvgIpc) is 2.73. The van der Waals surface area contributed by atoms with Crippen molar-refractivity contribution in [2.45, 2.75) is 51.1 Å². The second-order valence-electron chi connectivity index (χ2n) is 4.68. The maximum atomic E-state index is 9.05. The van der Waals surface area contributed by atoms with Crippen LogP contribution in [0.25, 0.3) is 0 Å². The van der Waals surface area contributed by atoms with Crippen LogP contribution in [0.4, 0.5) is 0 Å². The first-order valence-corrected chi connectivity index (χ1v) is 5.99. The van der Waals surface area contributed by atoms with Gasteiger partial charge in [-0.2, -0.15) is 5.26 Å². The summed E-state index contributed by atoms with van der Waals surface area (Å²) in [5, 5.41) is 12.1. The van der Waals surface area contributed by atoms with E-state index in [1.54, 1.807) is 0 Å². The summed E-state index contributed by atoms with van der Waals surface area (Å²) in [7, 11) is 1.87. The highest BCUT2D eigenvalue weighted by atomic mass is 15.2. The number of nitrogens with one attached hydrogen (secondary N) is 1. The number of likely N-dealkylation sites (tertiary alicyclic amines) is 1. The van der Waals surface area contributed by atoms with Crippen LogP contribution in [0.3, 0.4) is 0 Å². The molecule has 1 saturated heterocycles. The van der Waals surface area contributed by atoms with Gasteiger partial charge in [0.05, 0.1) is 6.07 Å². The normalized spacial score (nSPS) is 26.1. The zero-order chi connectivity index (χ0) is 11.3. The quantitative estimate of drug-likeness (QED) is 0.750. The van der Waals surface area contributed by atoms with Crippen LogP contribution in [0.2, 0.25) is 0 Å². The minimum absolute atomic E-state index is 0.360. The third-order valence-corrected chi connectivity index (χ3v) is 3.67. The fourth-order valence-electron chi connectivity index (χ4n) is 2.26. The van der Waals surface area contributed by atoms with Crippen LogP contribution in [-0.4, -0.2) is 36.6 Å². The number of hydrogen-bond acceptors (Lipinski definition) is 3. The Bertz CT molecular complexity index is 234. The van der Waals surface area contributed by atoms with Gasteiger partial charge in [0.1, 0.15) is 5.54 Å². The fraction of sp³-hybridized carbons (Fsp3) is 0.917. The highest BCUT2D eigenvalue weighted by Crippen LogP contribution is 2.21. The highest BCUT2D eigenvalue weighted by molar-refractivity contribution is 5.03.